The zero-order valence-corrected chi connectivity index (χ0v) is 12.4. The van der Waals surface area contributed by atoms with E-state index in [-0.39, 0.29) is 10.9 Å². The van der Waals surface area contributed by atoms with Crippen molar-refractivity contribution < 1.29 is 8.42 Å². The van der Waals surface area contributed by atoms with Crippen molar-refractivity contribution in [1.82, 2.24) is 9.73 Å². The van der Waals surface area contributed by atoms with Gasteiger partial charge in [0.1, 0.15) is 0 Å². The van der Waals surface area contributed by atoms with E-state index in [1.165, 1.54) is 6.42 Å². The van der Waals surface area contributed by atoms with Gasteiger partial charge in [0.05, 0.1) is 4.90 Å². The Labute approximate surface area is 119 Å². The first-order valence-electron chi connectivity index (χ1n) is 6.65. The molecule has 3 N–H and O–H groups in total. The SMILES string of the molecule is Cc1ccc(S(=O)(=O)NN=C(N)N2CCCCC2)cc1. The number of hydrogen-bond acceptors (Lipinski definition) is 3. The van der Waals surface area contributed by atoms with Crippen molar-refractivity contribution in [2.24, 2.45) is 10.8 Å². The summed E-state index contributed by atoms with van der Waals surface area (Å²) in [5.74, 6) is 0.223. The summed E-state index contributed by atoms with van der Waals surface area (Å²) >= 11 is 0. The highest BCUT2D eigenvalue weighted by Crippen LogP contribution is 2.10. The molecule has 1 saturated heterocycles. The summed E-state index contributed by atoms with van der Waals surface area (Å²) in [6, 6.07) is 6.58. The summed E-state index contributed by atoms with van der Waals surface area (Å²) in [6.45, 7) is 3.54. The first-order chi connectivity index (χ1) is 9.49. The number of nitrogens with two attached hydrogens (primary N) is 1. The highest BCUT2D eigenvalue weighted by Gasteiger charge is 2.15. The number of rotatable bonds is 3. The molecule has 0 radical (unpaired) electrons. The van der Waals surface area contributed by atoms with Gasteiger partial charge in [-0.1, -0.05) is 17.7 Å². The minimum atomic E-state index is -3.65. The summed E-state index contributed by atoms with van der Waals surface area (Å²) in [4.78, 5) is 4.25. The van der Waals surface area contributed by atoms with Gasteiger partial charge in [0.25, 0.3) is 10.0 Å². The topological polar surface area (TPSA) is 87.8 Å². The molecule has 6 nitrogen and oxygen atoms in total. The van der Waals surface area contributed by atoms with Crippen LogP contribution in [0.2, 0.25) is 0 Å². The summed E-state index contributed by atoms with van der Waals surface area (Å²) in [7, 11) is -3.65. The van der Waals surface area contributed by atoms with Crippen LogP contribution in [0.1, 0.15) is 24.8 Å². The number of likely N-dealkylation sites (tertiary alicyclic amines) is 1. The molecule has 1 fully saturated rings. The Balaban J connectivity index is 2.06. The monoisotopic (exact) mass is 296 g/mol. The largest absolute Gasteiger partial charge is 0.368 e. The van der Waals surface area contributed by atoms with E-state index in [1.807, 2.05) is 11.8 Å². The predicted octanol–water partition coefficient (Wildman–Crippen LogP) is 0.989. The number of nitrogens with one attached hydrogen (secondary N) is 1. The van der Waals surface area contributed by atoms with Gasteiger partial charge in [0.15, 0.2) is 0 Å². The second kappa shape index (κ2) is 6.13. The molecule has 2 rings (SSSR count). The van der Waals surface area contributed by atoms with Crippen LogP contribution in [0.15, 0.2) is 34.3 Å². The third-order valence-electron chi connectivity index (χ3n) is 3.29. The molecule has 1 heterocycles. The lowest BCUT2D eigenvalue weighted by Gasteiger charge is -2.27. The van der Waals surface area contributed by atoms with Crippen LogP contribution in [0, 0.1) is 6.92 Å². The zero-order valence-electron chi connectivity index (χ0n) is 11.5. The van der Waals surface area contributed by atoms with Crippen LogP contribution in [0.3, 0.4) is 0 Å². The van der Waals surface area contributed by atoms with Crippen molar-refractivity contribution in [3.05, 3.63) is 29.8 Å². The van der Waals surface area contributed by atoms with Crippen molar-refractivity contribution >= 4 is 16.0 Å². The van der Waals surface area contributed by atoms with Gasteiger partial charge in [-0.25, -0.2) is 0 Å². The number of hydrazone groups is 1. The van der Waals surface area contributed by atoms with Crippen LogP contribution >= 0.6 is 0 Å². The molecule has 0 aliphatic carbocycles. The Bertz CT molecular complexity index is 575. The Morgan fingerprint density at radius 1 is 1.20 bits per heavy atom. The van der Waals surface area contributed by atoms with E-state index in [1.54, 1.807) is 24.3 Å². The molecular weight excluding hydrogens is 276 g/mol. The molecule has 0 unspecified atom stereocenters. The fourth-order valence-electron chi connectivity index (χ4n) is 2.07. The van der Waals surface area contributed by atoms with E-state index < -0.39 is 10.0 Å². The number of guanidine groups is 1. The van der Waals surface area contributed by atoms with Crippen molar-refractivity contribution in [1.29, 1.82) is 0 Å². The van der Waals surface area contributed by atoms with E-state index in [2.05, 4.69) is 9.93 Å². The Kier molecular flexibility index (Phi) is 4.49. The maximum absolute atomic E-state index is 12.0. The van der Waals surface area contributed by atoms with Crippen LogP contribution in [0.25, 0.3) is 0 Å². The van der Waals surface area contributed by atoms with Crippen LogP contribution in [0.5, 0.6) is 0 Å². The van der Waals surface area contributed by atoms with E-state index in [9.17, 15) is 8.42 Å². The third-order valence-corrected chi connectivity index (χ3v) is 4.52. The molecule has 110 valence electrons. The molecular formula is C13H20N4O2S. The second-order valence-corrected chi connectivity index (χ2v) is 6.59. The quantitative estimate of drug-likeness (QED) is 0.494. The number of nitrogens with zero attached hydrogens (tertiary/aromatic N) is 2. The zero-order chi connectivity index (χ0) is 14.6. The van der Waals surface area contributed by atoms with Crippen molar-refractivity contribution in [2.45, 2.75) is 31.1 Å². The summed E-state index contributed by atoms with van der Waals surface area (Å²) in [5, 5.41) is 3.80. The lowest BCUT2D eigenvalue weighted by atomic mass is 10.1. The van der Waals surface area contributed by atoms with Gasteiger partial charge in [-0.2, -0.15) is 13.2 Å². The first-order valence-corrected chi connectivity index (χ1v) is 8.14. The predicted molar refractivity (Wildman–Crippen MR) is 78.5 cm³/mol. The van der Waals surface area contributed by atoms with Crippen molar-refractivity contribution in [3.63, 3.8) is 0 Å². The van der Waals surface area contributed by atoms with E-state index in [4.69, 9.17) is 5.73 Å². The Morgan fingerprint density at radius 2 is 1.80 bits per heavy atom. The maximum atomic E-state index is 12.0. The minimum Gasteiger partial charge on any atom is -0.368 e. The average molecular weight is 296 g/mol. The first kappa shape index (κ1) is 14.6. The van der Waals surface area contributed by atoms with Crippen LogP contribution < -0.4 is 10.6 Å². The number of sulfonamides is 1. The molecule has 0 atom stereocenters. The summed E-state index contributed by atoms with van der Waals surface area (Å²) in [6.07, 6.45) is 3.29. The summed E-state index contributed by atoms with van der Waals surface area (Å²) < 4.78 is 24.1. The van der Waals surface area contributed by atoms with Crippen molar-refractivity contribution in [2.75, 3.05) is 13.1 Å². The summed E-state index contributed by atoms with van der Waals surface area (Å²) in [5.41, 5.74) is 6.81. The van der Waals surface area contributed by atoms with E-state index >= 15 is 0 Å². The van der Waals surface area contributed by atoms with Gasteiger partial charge in [-0.15, -0.1) is 5.10 Å². The van der Waals surface area contributed by atoms with Crippen LogP contribution in [0.4, 0.5) is 0 Å². The van der Waals surface area contributed by atoms with Gasteiger partial charge < -0.3 is 10.6 Å². The normalized spacial score (nSPS) is 17.1. The molecule has 20 heavy (non-hydrogen) atoms. The Hall–Kier alpha value is -1.76. The highest BCUT2D eigenvalue weighted by atomic mass is 32.2. The maximum Gasteiger partial charge on any atom is 0.276 e. The second-order valence-electron chi connectivity index (χ2n) is 4.93. The molecule has 0 bridgehead atoms. The number of aryl methyl sites for hydroxylation is 1. The number of hydrogen-bond donors (Lipinski definition) is 2. The molecule has 7 heteroatoms. The van der Waals surface area contributed by atoms with Crippen LogP contribution in [-0.2, 0) is 10.0 Å². The smallest absolute Gasteiger partial charge is 0.276 e. The van der Waals surface area contributed by atoms with Gasteiger partial charge in [-0.3, -0.25) is 0 Å². The standard InChI is InChI=1S/C13H20N4O2S/c1-11-5-7-12(8-6-11)20(18,19)16-15-13(14)17-9-3-2-4-10-17/h5-8,16H,2-4,9-10H2,1H3,(H2,14,15). The molecule has 1 aliphatic heterocycles. The van der Waals surface area contributed by atoms with E-state index in [0.717, 1.165) is 31.5 Å². The molecule has 1 aliphatic rings. The fourth-order valence-corrected chi connectivity index (χ4v) is 2.88. The molecule has 0 spiro atoms. The minimum absolute atomic E-state index is 0.179. The van der Waals surface area contributed by atoms with Gasteiger partial charge >= 0.3 is 0 Å². The van der Waals surface area contributed by atoms with Crippen molar-refractivity contribution in [3.8, 4) is 0 Å². The van der Waals surface area contributed by atoms with E-state index in [0.29, 0.717) is 0 Å². The molecule has 0 aromatic heterocycles. The van der Waals surface area contributed by atoms with Crippen LogP contribution in [-0.4, -0.2) is 32.4 Å². The number of benzene rings is 1. The van der Waals surface area contributed by atoms with Gasteiger partial charge in [0.2, 0.25) is 5.96 Å². The average Bonchev–Trinajstić information content (AvgIpc) is 2.46. The van der Waals surface area contributed by atoms with Gasteiger partial charge in [-0.05, 0) is 38.3 Å². The fraction of sp³-hybridized carbons (Fsp3) is 0.462. The highest BCUT2D eigenvalue weighted by molar-refractivity contribution is 7.89. The molecule has 1 aromatic carbocycles. The lowest BCUT2D eigenvalue weighted by molar-refractivity contribution is 0.337. The third kappa shape index (κ3) is 3.63. The van der Waals surface area contributed by atoms with Gasteiger partial charge in [0, 0.05) is 13.1 Å². The molecule has 0 saturated carbocycles. The number of piperidine rings is 1. The lowest BCUT2D eigenvalue weighted by Crippen LogP contribution is -2.42. The molecule has 1 aromatic rings. The molecule has 0 amide bonds. The Morgan fingerprint density at radius 3 is 2.40 bits per heavy atom.